The van der Waals surface area contributed by atoms with Crippen molar-refractivity contribution in [1.29, 1.82) is 0 Å². The van der Waals surface area contributed by atoms with Crippen LogP contribution >= 0.6 is 11.8 Å². The van der Waals surface area contributed by atoms with E-state index in [0.717, 1.165) is 49.5 Å². The molecule has 1 aromatic carbocycles. The highest BCUT2D eigenvalue weighted by molar-refractivity contribution is 7.99. The van der Waals surface area contributed by atoms with Gasteiger partial charge >= 0.3 is 0 Å². The minimum Gasteiger partial charge on any atom is -0.378 e. The van der Waals surface area contributed by atoms with Crippen LogP contribution in [0.1, 0.15) is 25.8 Å². The maximum Gasteiger partial charge on any atom is 0.232 e. The summed E-state index contributed by atoms with van der Waals surface area (Å²) < 4.78 is 7.68. The minimum absolute atomic E-state index is 0.513. The fourth-order valence-corrected chi connectivity index (χ4v) is 3.50. The first kappa shape index (κ1) is 16.3. The molecule has 124 valence electrons. The van der Waals surface area contributed by atoms with Gasteiger partial charge in [0, 0.05) is 18.3 Å². The second-order valence-electron chi connectivity index (χ2n) is 5.84. The lowest BCUT2D eigenvalue weighted by atomic mass is 10.2. The van der Waals surface area contributed by atoms with Crippen LogP contribution in [-0.4, -0.2) is 46.3 Å². The van der Waals surface area contributed by atoms with E-state index in [2.05, 4.69) is 64.7 Å². The van der Waals surface area contributed by atoms with E-state index in [1.165, 1.54) is 5.56 Å². The number of rotatable bonds is 5. The summed E-state index contributed by atoms with van der Waals surface area (Å²) in [5, 5.41) is 10.5. The van der Waals surface area contributed by atoms with Crippen molar-refractivity contribution in [3.05, 3.63) is 29.8 Å². The van der Waals surface area contributed by atoms with Gasteiger partial charge in [-0.05, 0) is 25.0 Å². The molecular weight excluding hydrogens is 308 g/mol. The Hall–Kier alpha value is -1.53. The van der Waals surface area contributed by atoms with Gasteiger partial charge in [-0.15, -0.1) is 10.2 Å². The van der Waals surface area contributed by atoms with E-state index in [1.807, 2.05) is 0 Å². The van der Waals surface area contributed by atoms with Crippen LogP contribution in [0.5, 0.6) is 0 Å². The van der Waals surface area contributed by atoms with Gasteiger partial charge in [-0.3, -0.25) is 4.57 Å². The van der Waals surface area contributed by atoms with Gasteiger partial charge in [0.2, 0.25) is 5.95 Å². The van der Waals surface area contributed by atoms with Gasteiger partial charge in [-0.25, -0.2) is 0 Å². The van der Waals surface area contributed by atoms with E-state index in [9.17, 15) is 0 Å². The average molecular weight is 332 g/mol. The SMILES string of the molecule is CC[C@H](C)Sc1nnc(N2CCOCC2)n1-c1ccccc1C. The van der Waals surface area contributed by atoms with Gasteiger partial charge in [0.1, 0.15) is 0 Å². The molecule has 1 atom stereocenters. The highest BCUT2D eigenvalue weighted by Crippen LogP contribution is 2.31. The zero-order valence-electron chi connectivity index (χ0n) is 14.0. The number of morpholine rings is 1. The molecule has 0 aliphatic carbocycles. The predicted molar refractivity (Wildman–Crippen MR) is 94.7 cm³/mol. The molecule has 1 aromatic heterocycles. The standard InChI is InChI=1S/C17H24N4OS/c1-4-14(3)23-17-19-18-16(20-9-11-22-12-10-20)21(17)15-8-6-5-7-13(15)2/h5-8,14H,4,9-12H2,1-3H3/t14-/m0/s1. The first-order valence-electron chi connectivity index (χ1n) is 8.21. The first-order valence-corrected chi connectivity index (χ1v) is 9.09. The fraction of sp³-hybridized carbons (Fsp3) is 0.529. The number of thioether (sulfide) groups is 1. The number of hydrogen-bond donors (Lipinski definition) is 0. The minimum atomic E-state index is 0.513. The summed E-state index contributed by atoms with van der Waals surface area (Å²) in [5.41, 5.74) is 2.39. The van der Waals surface area contributed by atoms with Crippen molar-refractivity contribution in [1.82, 2.24) is 14.8 Å². The molecule has 0 spiro atoms. The summed E-state index contributed by atoms with van der Waals surface area (Å²) in [6, 6.07) is 8.42. The molecule has 2 aromatic rings. The average Bonchev–Trinajstić information content (AvgIpc) is 2.99. The number of aryl methyl sites for hydroxylation is 1. The maximum absolute atomic E-state index is 5.47. The summed E-state index contributed by atoms with van der Waals surface area (Å²) in [7, 11) is 0. The van der Waals surface area contributed by atoms with Crippen molar-refractivity contribution in [3.8, 4) is 5.69 Å². The molecule has 6 heteroatoms. The van der Waals surface area contributed by atoms with Crippen LogP contribution in [0.15, 0.2) is 29.4 Å². The van der Waals surface area contributed by atoms with Crippen molar-refractivity contribution in [3.63, 3.8) is 0 Å². The molecule has 23 heavy (non-hydrogen) atoms. The third-order valence-corrected chi connectivity index (χ3v) is 5.36. The van der Waals surface area contributed by atoms with Crippen molar-refractivity contribution in [2.45, 2.75) is 37.6 Å². The highest BCUT2D eigenvalue weighted by atomic mass is 32.2. The van der Waals surface area contributed by atoms with E-state index in [4.69, 9.17) is 4.74 Å². The molecule has 1 aliphatic rings. The van der Waals surface area contributed by atoms with E-state index >= 15 is 0 Å². The monoisotopic (exact) mass is 332 g/mol. The summed E-state index contributed by atoms with van der Waals surface area (Å²) in [6.07, 6.45) is 1.11. The van der Waals surface area contributed by atoms with E-state index in [-0.39, 0.29) is 0 Å². The Kier molecular flexibility index (Phi) is 5.23. The fourth-order valence-electron chi connectivity index (χ4n) is 2.60. The Bertz CT molecular complexity index is 652. The van der Waals surface area contributed by atoms with Crippen molar-refractivity contribution < 1.29 is 4.74 Å². The molecule has 3 rings (SSSR count). The van der Waals surface area contributed by atoms with Gasteiger partial charge in [-0.2, -0.15) is 0 Å². The third kappa shape index (κ3) is 3.53. The van der Waals surface area contributed by atoms with E-state index < -0.39 is 0 Å². The molecule has 0 bridgehead atoms. The van der Waals surface area contributed by atoms with E-state index in [0.29, 0.717) is 5.25 Å². The molecule has 0 radical (unpaired) electrons. The molecule has 2 heterocycles. The molecule has 5 nitrogen and oxygen atoms in total. The lowest BCUT2D eigenvalue weighted by Gasteiger charge is -2.28. The van der Waals surface area contributed by atoms with Gasteiger partial charge in [0.25, 0.3) is 0 Å². The van der Waals surface area contributed by atoms with Crippen molar-refractivity contribution in [2.24, 2.45) is 0 Å². The number of para-hydroxylation sites is 1. The molecule has 0 saturated carbocycles. The van der Waals surface area contributed by atoms with Gasteiger partial charge < -0.3 is 9.64 Å². The lowest BCUT2D eigenvalue weighted by molar-refractivity contribution is 0.122. The highest BCUT2D eigenvalue weighted by Gasteiger charge is 2.23. The topological polar surface area (TPSA) is 43.2 Å². The van der Waals surface area contributed by atoms with Crippen LogP contribution in [0.25, 0.3) is 5.69 Å². The zero-order valence-corrected chi connectivity index (χ0v) is 14.8. The number of ether oxygens (including phenoxy) is 1. The van der Waals surface area contributed by atoms with E-state index in [1.54, 1.807) is 11.8 Å². The smallest absolute Gasteiger partial charge is 0.232 e. The van der Waals surface area contributed by atoms with Crippen LogP contribution < -0.4 is 4.90 Å². The summed E-state index contributed by atoms with van der Waals surface area (Å²) in [6.45, 7) is 9.78. The number of hydrogen-bond acceptors (Lipinski definition) is 5. The molecule has 0 unspecified atom stereocenters. The lowest BCUT2D eigenvalue weighted by Crippen LogP contribution is -2.38. The van der Waals surface area contributed by atoms with Crippen LogP contribution in [0.2, 0.25) is 0 Å². The quantitative estimate of drug-likeness (QED) is 0.786. The Labute approximate surface area is 142 Å². The first-order chi connectivity index (χ1) is 11.2. The molecule has 0 amide bonds. The van der Waals surface area contributed by atoms with Gasteiger partial charge in [-0.1, -0.05) is 43.8 Å². The third-order valence-electron chi connectivity index (χ3n) is 4.15. The van der Waals surface area contributed by atoms with Crippen LogP contribution in [0.3, 0.4) is 0 Å². The molecule has 1 saturated heterocycles. The molecule has 1 aliphatic heterocycles. The van der Waals surface area contributed by atoms with Crippen LogP contribution in [-0.2, 0) is 4.74 Å². The Morgan fingerprint density at radius 2 is 1.96 bits per heavy atom. The normalized spacial score (nSPS) is 16.6. The van der Waals surface area contributed by atoms with Gasteiger partial charge in [0.05, 0.1) is 18.9 Å². The number of benzene rings is 1. The number of aromatic nitrogens is 3. The van der Waals surface area contributed by atoms with Crippen molar-refractivity contribution >= 4 is 17.7 Å². The summed E-state index contributed by atoms with van der Waals surface area (Å²) in [5.74, 6) is 0.924. The van der Waals surface area contributed by atoms with Gasteiger partial charge in [0.15, 0.2) is 5.16 Å². The number of nitrogens with zero attached hydrogens (tertiary/aromatic N) is 4. The van der Waals surface area contributed by atoms with Crippen LogP contribution in [0, 0.1) is 6.92 Å². The molecule has 0 N–H and O–H groups in total. The van der Waals surface area contributed by atoms with Crippen LogP contribution in [0.4, 0.5) is 5.95 Å². The second-order valence-corrected chi connectivity index (χ2v) is 7.25. The molecule has 1 fully saturated rings. The predicted octanol–water partition coefficient (Wildman–Crippen LogP) is 3.30. The Balaban J connectivity index is 2.04. The Morgan fingerprint density at radius 1 is 1.22 bits per heavy atom. The second kappa shape index (κ2) is 7.36. The van der Waals surface area contributed by atoms with Crippen molar-refractivity contribution in [2.75, 3.05) is 31.2 Å². The zero-order chi connectivity index (χ0) is 16.2. The number of anilines is 1. The summed E-state index contributed by atoms with van der Waals surface area (Å²) in [4.78, 5) is 2.27. The Morgan fingerprint density at radius 3 is 2.65 bits per heavy atom. The largest absolute Gasteiger partial charge is 0.378 e. The maximum atomic E-state index is 5.47. The summed E-state index contributed by atoms with van der Waals surface area (Å²) >= 11 is 1.79. The molecular formula is C17H24N4OS.